The highest BCUT2D eigenvalue weighted by Crippen LogP contribution is 2.36. The van der Waals surface area contributed by atoms with E-state index in [2.05, 4.69) is 9.88 Å². The Balaban J connectivity index is 1.68. The fraction of sp³-hybridized carbons (Fsp3) is 0.522. The van der Waals surface area contributed by atoms with Crippen LogP contribution in [0.4, 0.5) is 20.3 Å². The SMILES string of the molecule is COc1ccccc1CC1CC(F)(F)CCCN1c1cc(N2CCOCC2)cc(=O)[nH]1. The molecule has 1 aromatic carbocycles. The third-order valence-corrected chi connectivity index (χ3v) is 6.07. The van der Waals surface area contributed by atoms with Crippen LogP contribution in [0, 0.1) is 0 Å². The Hall–Kier alpha value is -2.61. The van der Waals surface area contributed by atoms with Gasteiger partial charge in [0.15, 0.2) is 0 Å². The van der Waals surface area contributed by atoms with Gasteiger partial charge in [-0.05, 0) is 24.5 Å². The molecule has 0 bridgehead atoms. The molecule has 31 heavy (non-hydrogen) atoms. The maximum absolute atomic E-state index is 14.6. The van der Waals surface area contributed by atoms with Crippen LogP contribution in [0.15, 0.2) is 41.2 Å². The number of pyridine rings is 1. The average Bonchev–Trinajstić information content (AvgIpc) is 2.91. The average molecular weight is 433 g/mol. The molecule has 8 heteroatoms. The van der Waals surface area contributed by atoms with Gasteiger partial charge in [-0.3, -0.25) is 4.79 Å². The molecule has 0 saturated carbocycles. The first kappa shape index (κ1) is 21.6. The van der Waals surface area contributed by atoms with Crippen molar-refractivity contribution in [1.82, 2.24) is 4.98 Å². The molecule has 2 aromatic rings. The number of alkyl halides is 2. The number of hydrogen-bond donors (Lipinski definition) is 1. The van der Waals surface area contributed by atoms with Crippen molar-refractivity contribution in [3.05, 3.63) is 52.3 Å². The first-order chi connectivity index (χ1) is 14.9. The molecule has 0 radical (unpaired) electrons. The second-order valence-corrected chi connectivity index (χ2v) is 8.21. The molecule has 1 N–H and O–H groups in total. The van der Waals surface area contributed by atoms with Crippen molar-refractivity contribution in [2.45, 2.75) is 37.6 Å². The van der Waals surface area contributed by atoms with Gasteiger partial charge in [0.05, 0.1) is 20.3 Å². The molecular formula is C23H29F2N3O3. The lowest BCUT2D eigenvalue weighted by Gasteiger charge is -2.34. The van der Waals surface area contributed by atoms with Crippen molar-refractivity contribution >= 4 is 11.5 Å². The molecule has 0 spiro atoms. The van der Waals surface area contributed by atoms with E-state index in [1.165, 1.54) is 0 Å². The molecule has 2 aliphatic heterocycles. The maximum atomic E-state index is 14.6. The van der Waals surface area contributed by atoms with Crippen molar-refractivity contribution in [1.29, 1.82) is 0 Å². The van der Waals surface area contributed by atoms with E-state index >= 15 is 0 Å². The summed E-state index contributed by atoms with van der Waals surface area (Å²) in [7, 11) is 1.58. The summed E-state index contributed by atoms with van der Waals surface area (Å²) in [5.41, 5.74) is 1.45. The van der Waals surface area contributed by atoms with Gasteiger partial charge in [0.2, 0.25) is 5.92 Å². The maximum Gasteiger partial charge on any atom is 0.251 e. The number of halogens is 2. The Morgan fingerprint density at radius 1 is 1.19 bits per heavy atom. The number of aromatic amines is 1. The summed E-state index contributed by atoms with van der Waals surface area (Å²) in [5, 5.41) is 0. The molecule has 2 saturated heterocycles. The predicted octanol–water partition coefficient (Wildman–Crippen LogP) is 3.46. The number of para-hydroxylation sites is 1. The molecule has 6 nitrogen and oxygen atoms in total. The van der Waals surface area contributed by atoms with E-state index in [1.807, 2.05) is 35.2 Å². The van der Waals surface area contributed by atoms with Crippen LogP contribution in [0.3, 0.4) is 0 Å². The van der Waals surface area contributed by atoms with Gasteiger partial charge in [-0.15, -0.1) is 0 Å². The zero-order valence-electron chi connectivity index (χ0n) is 17.8. The number of nitrogens with zero attached hydrogens (tertiary/aromatic N) is 2. The van der Waals surface area contributed by atoms with E-state index in [1.54, 1.807) is 13.2 Å². The summed E-state index contributed by atoms with van der Waals surface area (Å²) in [5.74, 6) is -1.47. The van der Waals surface area contributed by atoms with Crippen LogP contribution in [0.5, 0.6) is 5.75 Å². The van der Waals surface area contributed by atoms with Crippen LogP contribution in [-0.2, 0) is 11.2 Å². The molecule has 2 fully saturated rings. The standard InChI is InChI=1S/C23H29F2N3O3/c1-30-20-6-3-2-5-17(20)13-19-16-23(24,25)7-4-8-28(19)21-14-18(15-22(29)26-21)27-9-11-31-12-10-27/h2-3,5-6,14-15,19H,4,7-13,16H2,1H3,(H,26,29). The topological polar surface area (TPSA) is 57.8 Å². The van der Waals surface area contributed by atoms with Gasteiger partial charge in [0, 0.05) is 56.3 Å². The summed E-state index contributed by atoms with van der Waals surface area (Å²) < 4.78 is 40.0. The minimum atomic E-state index is -2.75. The first-order valence-electron chi connectivity index (χ1n) is 10.8. The van der Waals surface area contributed by atoms with Crippen molar-refractivity contribution in [3.63, 3.8) is 0 Å². The van der Waals surface area contributed by atoms with E-state index in [0.29, 0.717) is 57.3 Å². The van der Waals surface area contributed by atoms with Crippen molar-refractivity contribution in [3.8, 4) is 5.75 Å². The number of morpholine rings is 1. The largest absolute Gasteiger partial charge is 0.496 e. The van der Waals surface area contributed by atoms with Crippen LogP contribution in [0.1, 0.15) is 24.8 Å². The highest BCUT2D eigenvalue weighted by atomic mass is 19.3. The third-order valence-electron chi connectivity index (χ3n) is 6.07. The van der Waals surface area contributed by atoms with Crippen molar-refractivity contribution in [2.24, 2.45) is 0 Å². The molecule has 3 heterocycles. The van der Waals surface area contributed by atoms with Gasteiger partial charge in [0.1, 0.15) is 11.6 Å². The number of nitrogens with one attached hydrogen (secondary N) is 1. The monoisotopic (exact) mass is 433 g/mol. The summed E-state index contributed by atoms with van der Waals surface area (Å²) in [6.45, 7) is 3.07. The molecule has 4 rings (SSSR count). The molecular weight excluding hydrogens is 404 g/mol. The van der Waals surface area contributed by atoms with E-state index in [4.69, 9.17) is 9.47 Å². The second-order valence-electron chi connectivity index (χ2n) is 8.21. The number of ether oxygens (including phenoxy) is 2. The highest BCUT2D eigenvalue weighted by molar-refractivity contribution is 5.56. The smallest absolute Gasteiger partial charge is 0.251 e. The van der Waals surface area contributed by atoms with Crippen molar-refractivity contribution < 1.29 is 18.3 Å². The molecule has 168 valence electrons. The lowest BCUT2D eigenvalue weighted by atomic mass is 9.98. The minimum Gasteiger partial charge on any atom is -0.496 e. The fourth-order valence-electron chi connectivity index (χ4n) is 4.55. The summed E-state index contributed by atoms with van der Waals surface area (Å²) in [4.78, 5) is 19.4. The normalized spacial score (nSPS) is 21.6. The minimum absolute atomic E-state index is 0.153. The summed E-state index contributed by atoms with van der Waals surface area (Å²) in [6, 6.07) is 10.5. The first-order valence-corrected chi connectivity index (χ1v) is 10.8. The number of H-pyrrole nitrogens is 1. The highest BCUT2D eigenvalue weighted by Gasteiger charge is 2.38. The van der Waals surface area contributed by atoms with E-state index < -0.39 is 12.0 Å². The zero-order valence-corrected chi connectivity index (χ0v) is 17.8. The summed E-state index contributed by atoms with van der Waals surface area (Å²) in [6.07, 6.45) is 0.344. The molecule has 1 unspecified atom stereocenters. The number of anilines is 2. The number of methoxy groups -OCH3 is 1. The van der Waals surface area contributed by atoms with E-state index in [0.717, 1.165) is 11.3 Å². The van der Waals surface area contributed by atoms with Gasteiger partial charge in [-0.2, -0.15) is 0 Å². The molecule has 1 atom stereocenters. The Labute approximate surface area is 180 Å². The predicted molar refractivity (Wildman–Crippen MR) is 117 cm³/mol. The number of rotatable bonds is 5. The Morgan fingerprint density at radius 2 is 1.97 bits per heavy atom. The van der Waals surface area contributed by atoms with Crippen molar-refractivity contribution in [2.75, 3.05) is 49.8 Å². The van der Waals surface area contributed by atoms with Gasteiger partial charge < -0.3 is 24.3 Å². The Bertz CT molecular complexity index is 944. The Kier molecular flexibility index (Phi) is 6.46. The summed E-state index contributed by atoms with van der Waals surface area (Å²) >= 11 is 0. The number of benzene rings is 1. The molecule has 2 aliphatic rings. The lowest BCUT2D eigenvalue weighted by molar-refractivity contribution is -0.0174. The van der Waals surface area contributed by atoms with E-state index in [-0.39, 0.29) is 18.4 Å². The number of aromatic nitrogens is 1. The zero-order chi connectivity index (χ0) is 21.8. The lowest BCUT2D eigenvalue weighted by Crippen LogP contribution is -2.41. The molecule has 1 aromatic heterocycles. The Morgan fingerprint density at radius 3 is 2.74 bits per heavy atom. The van der Waals surface area contributed by atoms with Gasteiger partial charge in [-0.25, -0.2) is 8.78 Å². The molecule has 0 aliphatic carbocycles. The third kappa shape index (κ3) is 5.18. The van der Waals surface area contributed by atoms with Crippen LogP contribution in [0.25, 0.3) is 0 Å². The van der Waals surface area contributed by atoms with Gasteiger partial charge in [-0.1, -0.05) is 18.2 Å². The van der Waals surface area contributed by atoms with Gasteiger partial charge >= 0.3 is 0 Å². The quantitative estimate of drug-likeness (QED) is 0.783. The number of hydrogen-bond acceptors (Lipinski definition) is 5. The molecule has 0 amide bonds. The van der Waals surface area contributed by atoms with Gasteiger partial charge in [0.25, 0.3) is 5.56 Å². The van der Waals surface area contributed by atoms with Crippen LogP contribution < -0.4 is 20.1 Å². The van der Waals surface area contributed by atoms with Crippen LogP contribution >= 0.6 is 0 Å². The van der Waals surface area contributed by atoms with Crippen LogP contribution in [0.2, 0.25) is 0 Å². The van der Waals surface area contributed by atoms with Crippen LogP contribution in [-0.4, -0.2) is 56.9 Å². The second kappa shape index (κ2) is 9.26. The fourth-order valence-corrected chi connectivity index (χ4v) is 4.55. The van der Waals surface area contributed by atoms with E-state index in [9.17, 15) is 13.6 Å².